The number of aliphatic carboxylic acids is 2. The van der Waals surface area contributed by atoms with E-state index in [9.17, 15) is 24.9 Å². The molecule has 0 bridgehead atoms. The Morgan fingerprint density at radius 2 is 0.712 bits per heavy atom. The van der Waals surface area contributed by atoms with E-state index in [1.807, 2.05) is 0 Å². The summed E-state index contributed by atoms with van der Waals surface area (Å²) in [5.41, 5.74) is -1.13. The summed E-state index contributed by atoms with van der Waals surface area (Å²) in [6.45, 7) is 13.0. The van der Waals surface area contributed by atoms with Crippen LogP contribution in [0.25, 0.3) is 0 Å². The summed E-state index contributed by atoms with van der Waals surface area (Å²) in [6.07, 6.45) is 37.2. The predicted octanol–water partition coefficient (Wildman–Crippen LogP) is 13.9. The largest absolute Gasteiger partial charge is 0.481 e. The van der Waals surface area contributed by atoms with Crippen molar-refractivity contribution in [3.63, 3.8) is 0 Å². The molecule has 2 unspecified atom stereocenters. The van der Waals surface area contributed by atoms with Crippen LogP contribution in [0.2, 0.25) is 0 Å². The van der Waals surface area contributed by atoms with Crippen LogP contribution in [0.1, 0.15) is 252 Å². The Morgan fingerprint density at radius 1 is 0.441 bits per heavy atom. The summed E-state index contributed by atoms with van der Waals surface area (Å²) in [6, 6.07) is 0. The van der Waals surface area contributed by atoms with E-state index in [1.54, 1.807) is 0 Å². The van der Waals surface area contributed by atoms with Crippen LogP contribution in [-0.2, 0) is 19.1 Å². The number of likely N-dealkylation sites (tertiary alicyclic amines) is 1. The van der Waals surface area contributed by atoms with Gasteiger partial charge < -0.3 is 24.8 Å². The number of nitrogens with zero attached hydrogens (tertiary/aromatic N) is 1. The molecule has 0 aromatic heterocycles. The summed E-state index contributed by atoms with van der Waals surface area (Å²) in [4.78, 5) is 27.8. The third-order valence-electron chi connectivity index (χ3n) is 13.6. The maximum Gasteiger partial charge on any atom is 0.309 e. The molecule has 350 valence electrons. The van der Waals surface area contributed by atoms with Crippen LogP contribution in [0.5, 0.6) is 0 Å². The summed E-state index contributed by atoms with van der Waals surface area (Å²) >= 11 is 0. The van der Waals surface area contributed by atoms with E-state index < -0.39 is 22.8 Å². The van der Waals surface area contributed by atoms with Gasteiger partial charge in [0.05, 0.1) is 23.0 Å². The van der Waals surface area contributed by atoms with Crippen LogP contribution >= 0.6 is 0 Å². The highest BCUT2D eigenvalue weighted by molar-refractivity contribution is 5.75. The Bertz CT molecular complexity index is 908. The van der Waals surface area contributed by atoms with Crippen LogP contribution < -0.4 is 0 Å². The highest BCUT2D eigenvalue weighted by Crippen LogP contribution is 2.39. The van der Waals surface area contributed by atoms with Crippen molar-refractivity contribution in [1.82, 2.24) is 4.90 Å². The molecular weight excluding hydrogens is 739 g/mol. The molecule has 1 rings (SSSR count). The zero-order chi connectivity index (χ0) is 43.3. The molecular formula is C51H99NO7. The van der Waals surface area contributed by atoms with Crippen molar-refractivity contribution in [2.24, 2.45) is 10.8 Å². The molecule has 0 spiro atoms. The van der Waals surface area contributed by atoms with E-state index in [1.165, 1.54) is 77.0 Å². The van der Waals surface area contributed by atoms with Gasteiger partial charge in [-0.3, -0.25) is 14.5 Å². The second-order valence-corrected chi connectivity index (χ2v) is 18.8. The minimum absolute atomic E-state index is 0.0275. The van der Waals surface area contributed by atoms with Gasteiger partial charge in [0.1, 0.15) is 0 Å². The highest BCUT2D eigenvalue weighted by Gasteiger charge is 2.38. The molecule has 0 aromatic carbocycles. The van der Waals surface area contributed by atoms with Crippen LogP contribution in [0.3, 0.4) is 0 Å². The molecule has 0 radical (unpaired) electrons. The Kier molecular flexibility index (Phi) is 35.3. The van der Waals surface area contributed by atoms with Gasteiger partial charge in [0.2, 0.25) is 0 Å². The van der Waals surface area contributed by atoms with Gasteiger partial charge in [-0.2, -0.15) is 0 Å². The van der Waals surface area contributed by atoms with Crippen molar-refractivity contribution in [2.45, 2.75) is 265 Å². The number of carboxylic acid groups (broad SMARTS) is 2. The Hall–Kier alpha value is -1.22. The summed E-state index contributed by atoms with van der Waals surface area (Å²) < 4.78 is 12.9. The van der Waals surface area contributed by atoms with Gasteiger partial charge in [-0.05, 0) is 57.8 Å². The first-order chi connectivity index (χ1) is 28.7. The normalized spacial score (nSPS) is 18.0. The molecule has 0 aliphatic carbocycles. The second kappa shape index (κ2) is 37.3. The third-order valence-corrected chi connectivity index (χ3v) is 13.6. The topological polar surface area (TPSA) is 117 Å². The molecule has 59 heavy (non-hydrogen) atoms. The van der Waals surface area contributed by atoms with E-state index in [4.69, 9.17) is 9.47 Å². The first kappa shape index (κ1) is 55.8. The number of carbonyl (C=O) groups is 2. The predicted molar refractivity (Wildman–Crippen MR) is 247 cm³/mol. The lowest BCUT2D eigenvalue weighted by atomic mass is 9.74. The molecule has 8 heteroatoms. The fourth-order valence-corrected chi connectivity index (χ4v) is 9.58. The quantitative estimate of drug-likeness (QED) is 0.0519. The Balaban J connectivity index is 2.56. The fourth-order valence-electron chi connectivity index (χ4n) is 9.58. The molecule has 8 nitrogen and oxygen atoms in total. The SMILES string of the molecule is CCCCCCCCC(CCCCCC)(CCCCCCO[C@H]1CN(CCCO)C[C@H]1OCCCCCCC(CCCCCC)(CCCCCCCC)C(=O)O)C(=O)O. The molecule has 1 heterocycles. The molecule has 1 saturated heterocycles. The van der Waals surface area contributed by atoms with Gasteiger partial charge in [-0.25, -0.2) is 0 Å². The van der Waals surface area contributed by atoms with Crippen molar-refractivity contribution in [3.8, 4) is 0 Å². The average Bonchev–Trinajstić information content (AvgIpc) is 3.62. The van der Waals surface area contributed by atoms with Crippen molar-refractivity contribution < 1.29 is 34.4 Å². The molecule has 0 aromatic rings. The molecule has 1 fully saturated rings. The third kappa shape index (κ3) is 26.1. The van der Waals surface area contributed by atoms with Crippen LogP contribution in [-0.4, -0.2) is 83.8 Å². The van der Waals surface area contributed by atoms with E-state index >= 15 is 0 Å². The number of unbranched alkanes of at least 4 members (excludes halogenated alkanes) is 22. The standard InChI is InChI=1S/C51H99NO7/c1-5-9-13-17-19-27-36-50(48(54)55,34-25-15-11-7-3)38-29-21-23-31-42-58-46-44-52(40-33-41-53)45-47(46)59-43-32-24-22-30-39-51(49(56)57,35-26-16-12-8-4)37-28-20-18-14-10-6-2/h46-47,53H,5-45H2,1-4H3,(H,54,55)(H,56,57)/t46-,47+,50?,51?. The van der Waals surface area contributed by atoms with Gasteiger partial charge in [-0.1, -0.05) is 195 Å². The number of rotatable bonds is 45. The number of aliphatic hydroxyl groups excluding tert-OH is 1. The number of hydrogen-bond donors (Lipinski definition) is 3. The van der Waals surface area contributed by atoms with Crippen molar-refractivity contribution >= 4 is 11.9 Å². The monoisotopic (exact) mass is 838 g/mol. The first-order valence-corrected chi connectivity index (χ1v) is 25.8. The second-order valence-electron chi connectivity index (χ2n) is 18.8. The zero-order valence-corrected chi connectivity index (χ0v) is 39.6. The lowest BCUT2D eigenvalue weighted by Gasteiger charge is -2.30. The van der Waals surface area contributed by atoms with Crippen LogP contribution in [0.4, 0.5) is 0 Å². The lowest BCUT2D eigenvalue weighted by Crippen LogP contribution is -2.31. The van der Waals surface area contributed by atoms with Crippen LogP contribution in [0, 0.1) is 10.8 Å². The number of ether oxygens (including phenoxy) is 2. The number of aliphatic hydroxyl groups is 1. The molecule has 0 saturated carbocycles. The maximum absolute atomic E-state index is 12.7. The number of carboxylic acids is 2. The van der Waals surface area contributed by atoms with Crippen molar-refractivity contribution in [1.29, 1.82) is 0 Å². The maximum atomic E-state index is 12.7. The minimum Gasteiger partial charge on any atom is -0.481 e. The van der Waals surface area contributed by atoms with Crippen molar-refractivity contribution in [3.05, 3.63) is 0 Å². The molecule has 4 atom stereocenters. The summed E-state index contributed by atoms with van der Waals surface area (Å²) in [5, 5.41) is 30.4. The van der Waals surface area contributed by atoms with Gasteiger partial charge in [0.25, 0.3) is 0 Å². The minimum atomic E-state index is -0.573. The molecule has 1 aliphatic heterocycles. The fraction of sp³-hybridized carbons (Fsp3) is 0.961. The number of hydrogen-bond acceptors (Lipinski definition) is 6. The molecule has 0 amide bonds. The summed E-state index contributed by atoms with van der Waals surface area (Å²) in [5.74, 6) is -1.15. The lowest BCUT2D eigenvalue weighted by molar-refractivity contribution is -0.151. The molecule has 1 aliphatic rings. The highest BCUT2D eigenvalue weighted by atomic mass is 16.5. The zero-order valence-electron chi connectivity index (χ0n) is 39.6. The Morgan fingerprint density at radius 3 is 1.00 bits per heavy atom. The van der Waals surface area contributed by atoms with E-state index in [-0.39, 0.29) is 18.8 Å². The first-order valence-electron chi connectivity index (χ1n) is 25.8. The van der Waals surface area contributed by atoms with Gasteiger partial charge >= 0.3 is 11.9 Å². The molecule has 3 N–H and O–H groups in total. The van der Waals surface area contributed by atoms with Crippen molar-refractivity contribution in [2.75, 3.05) is 39.5 Å². The van der Waals surface area contributed by atoms with Gasteiger partial charge in [0.15, 0.2) is 0 Å². The van der Waals surface area contributed by atoms with Gasteiger partial charge in [0, 0.05) is 39.5 Å². The van der Waals surface area contributed by atoms with E-state index in [0.29, 0.717) is 13.2 Å². The van der Waals surface area contributed by atoms with E-state index in [0.717, 1.165) is 167 Å². The Labute approximate surface area is 365 Å². The average molecular weight is 838 g/mol. The van der Waals surface area contributed by atoms with Crippen LogP contribution in [0.15, 0.2) is 0 Å². The smallest absolute Gasteiger partial charge is 0.309 e. The summed E-state index contributed by atoms with van der Waals surface area (Å²) in [7, 11) is 0. The van der Waals surface area contributed by atoms with Gasteiger partial charge in [-0.15, -0.1) is 0 Å². The van der Waals surface area contributed by atoms with E-state index in [2.05, 4.69) is 32.6 Å².